The topological polar surface area (TPSA) is 75.7 Å². The van der Waals surface area contributed by atoms with E-state index in [1.807, 2.05) is 23.1 Å². The number of amides is 2. The zero-order valence-electron chi connectivity index (χ0n) is 19.6. The van der Waals surface area contributed by atoms with Gasteiger partial charge in [0.2, 0.25) is 5.91 Å². The molecule has 4 aliphatic rings. The fourth-order valence-corrected chi connectivity index (χ4v) is 7.03. The average Bonchev–Trinajstić information content (AvgIpc) is 3.58. The summed E-state index contributed by atoms with van der Waals surface area (Å²) in [5.74, 6) is 0.679. The molecule has 178 valence electrons. The Labute approximate surface area is 196 Å². The first kappa shape index (κ1) is 22.4. The summed E-state index contributed by atoms with van der Waals surface area (Å²) >= 11 is 0. The van der Waals surface area contributed by atoms with Crippen molar-refractivity contribution in [1.82, 2.24) is 5.32 Å². The minimum absolute atomic E-state index is 0.0240. The molecular weight excluding hydrogens is 416 g/mol. The highest BCUT2D eigenvalue weighted by atomic mass is 16.5. The Balaban J connectivity index is 1.15. The molecule has 3 saturated carbocycles. The van der Waals surface area contributed by atoms with E-state index in [-0.39, 0.29) is 30.4 Å². The normalized spacial score (nSPS) is 31.2. The molecule has 3 aliphatic carbocycles. The zero-order chi connectivity index (χ0) is 22.9. The maximum atomic E-state index is 13.4. The van der Waals surface area contributed by atoms with Gasteiger partial charge in [0.25, 0.3) is 5.91 Å². The number of fused-ring (bicyclic) bond motifs is 3. The molecule has 0 saturated heterocycles. The summed E-state index contributed by atoms with van der Waals surface area (Å²) in [7, 11) is 0. The molecule has 1 N–H and O–H groups in total. The molecule has 33 heavy (non-hydrogen) atoms. The lowest BCUT2D eigenvalue weighted by Gasteiger charge is -2.32. The van der Waals surface area contributed by atoms with E-state index < -0.39 is 11.9 Å². The second-order valence-corrected chi connectivity index (χ2v) is 10.7. The number of esters is 1. The SMILES string of the molecule is CC(NC(=O)COC(=O)C1CCCCC1C(=O)N1CCc2ccccc21)C1CC2CCC1C2. The average molecular weight is 453 g/mol. The van der Waals surface area contributed by atoms with E-state index in [1.165, 1.54) is 31.2 Å². The van der Waals surface area contributed by atoms with Crippen LogP contribution in [0.25, 0.3) is 0 Å². The van der Waals surface area contributed by atoms with Gasteiger partial charge in [-0.1, -0.05) is 37.5 Å². The molecule has 0 radical (unpaired) electrons. The first-order valence-corrected chi connectivity index (χ1v) is 12.9. The number of para-hydroxylation sites is 1. The fourth-order valence-electron chi connectivity index (χ4n) is 7.03. The molecule has 1 aromatic rings. The third kappa shape index (κ3) is 4.53. The van der Waals surface area contributed by atoms with Crippen LogP contribution in [0.5, 0.6) is 0 Å². The standard InChI is InChI=1S/C27H36N2O4/c1-17(23-15-18-10-11-20(23)14-18)28-25(30)16-33-27(32)22-8-4-3-7-21(22)26(31)29-13-12-19-6-2-5-9-24(19)29/h2,5-6,9,17-18,20-23H,3-4,7-8,10-16H2,1H3,(H,28,30). The Kier molecular flexibility index (Phi) is 6.44. The number of carbonyl (C=O) groups excluding carboxylic acids is 3. The number of nitrogens with one attached hydrogen (secondary N) is 1. The van der Waals surface area contributed by atoms with Crippen LogP contribution in [0.1, 0.15) is 63.9 Å². The van der Waals surface area contributed by atoms with Crippen LogP contribution in [0.4, 0.5) is 5.69 Å². The number of nitrogens with zero attached hydrogens (tertiary/aromatic N) is 1. The van der Waals surface area contributed by atoms with Gasteiger partial charge < -0.3 is 15.0 Å². The summed E-state index contributed by atoms with van der Waals surface area (Å²) in [4.78, 5) is 40.7. The Bertz CT molecular complexity index is 915. The van der Waals surface area contributed by atoms with Crippen LogP contribution >= 0.6 is 0 Å². The smallest absolute Gasteiger partial charge is 0.310 e. The Morgan fingerprint density at radius 1 is 1.06 bits per heavy atom. The second kappa shape index (κ2) is 9.47. The summed E-state index contributed by atoms with van der Waals surface area (Å²) in [5, 5.41) is 3.06. The van der Waals surface area contributed by atoms with E-state index in [9.17, 15) is 14.4 Å². The maximum absolute atomic E-state index is 13.4. The van der Waals surface area contributed by atoms with Crippen molar-refractivity contribution in [3.8, 4) is 0 Å². The van der Waals surface area contributed by atoms with Crippen molar-refractivity contribution in [2.75, 3.05) is 18.1 Å². The zero-order valence-corrected chi connectivity index (χ0v) is 19.6. The van der Waals surface area contributed by atoms with E-state index in [0.717, 1.165) is 36.8 Å². The molecule has 5 rings (SSSR count). The van der Waals surface area contributed by atoms with Crippen LogP contribution < -0.4 is 10.2 Å². The van der Waals surface area contributed by atoms with Crippen molar-refractivity contribution in [1.29, 1.82) is 0 Å². The molecule has 6 atom stereocenters. The minimum atomic E-state index is -0.463. The van der Waals surface area contributed by atoms with Gasteiger partial charge in [0.1, 0.15) is 0 Å². The lowest BCUT2D eigenvalue weighted by Crippen LogP contribution is -2.44. The summed E-state index contributed by atoms with van der Waals surface area (Å²) < 4.78 is 5.46. The minimum Gasteiger partial charge on any atom is -0.455 e. The fraction of sp³-hybridized carbons (Fsp3) is 0.667. The summed E-state index contributed by atoms with van der Waals surface area (Å²) in [6, 6.07) is 8.11. The summed E-state index contributed by atoms with van der Waals surface area (Å²) in [6.07, 6.45) is 9.18. The molecule has 2 bridgehead atoms. The van der Waals surface area contributed by atoms with Crippen LogP contribution in [0.2, 0.25) is 0 Å². The van der Waals surface area contributed by atoms with Crippen LogP contribution in [0.15, 0.2) is 24.3 Å². The van der Waals surface area contributed by atoms with Gasteiger partial charge in [0.05, 0.1) is 11.8 Å². The number of benzene rings is 1. The van der Waals surface area contributed by atoms with E-state index >= 15 is 0 Å². The molecule has 0 spiro atoms. The van der Waals surface area contributed by atoms with Crippen molar-refractivity contribution in [2.24, 2.45) is 29.6 Å². The highest BCUT2D eigenvalue weighted by molar-refractivity contribution is 5.99. The lowest BCUT2D eigenvalue weighted by atomic mass is 9.78. The highest BCUT2D eigenvalue weighted by Crippen LogP contribution is 2.49. The number of rotatable bonds is 6. The van der Waals surface area contributed by atoms with Gasteiger partial charge >= 0.3 is 5.97 Å². The molecule has 2 amide bonds. The molecule has 1 aromatic carbocycles. The Hall–Kier alpha value is -2.37. The summed E-state index contributed by atoms with van der Waals surface area (Å²) in [6.45, 7) is 2.49. The van der Waals surface area contributed by atoms with E-state index in [1.54, 1.807) is 0 Å². The van der Waals surface area contributed by atoms with Gasteiger partial charge in [0.15, 0.2) is 6.61 Å². The predicted octanol–water partition coefficient (Wildman–Crippen LogP) is 3.87. The number of ether oxygens (including phenoxy) is 1. The monoisotopic (exact) mass is 452 g/mol. The second-order valence-electron chi connectivity index (χ2n) is 10.7. The van der Waals surface area contributed by atoms with Crippen molar-refractivity contribution in [3.05, 3.63) is 29.8 Å². The highest BCUT2D eigenvalue weighted by Gasteiger charge is 2.43. The molecule has 6 nitrogen and oxygen atoms in total. The van der Waals surface area contributed by atoms with Gasteiger partial charge in [-0.15, -0.1) is 0 Å². The van der Waals surface area contributed by atoms with Gasteiger partial charge in [-0.25, -0.2) is 0 Å². The quantitative estimate of drug-likeness (QED) is 0.665. The molecular formula is C27H36N2O4. The first-order chi connectivity index (χ1) is 16.0. The van der Waals surface area contributed by atoms with Crippen LogP contribution in [-0.2, 0) is 25.5 Å². The van der Waals surface area contributed by atoms with Gasteiger partial charge in [0, 0.05) is 18.3 Å². The first-order valence-electron chi connectivity index (χ1n) is 12.9. The van der Waals surface area contributed by atoms with E-state index in [0.29, 0.717) is 25.3 Å². The molecule has 6 heteroatoms. The third-order valence-corrected chi connectivity index (χ3v) is 8.71. The molecule has 1 aliphatic heterocycles. The number of anilines is 1. The molecule has 1 heterocycles. The molecule has 6 unspecified atom stereocenters. The van der Waals surface area contributed by atoms with Gasteiger partial charge in [-0.05, 0) is 74.8 Å². The number of hydrogen-bond acceptors (Lipinski definition) is 4. The Morgan fingerprint density at radius 3 is 2.61 bits per heavy atom. The van der Waals surface area contributed by atoms with Gasteiger partial charge in [-0.3, -0.25) is 14.4 Å². The lowest BCUT2D eigenvalue weighted by molar-refractivity contribution is -0.157. The van der Waals surface area contributed by atoms with Crippen LogP contribution in [0, 0.1) is 29.6 Å². The number of carbonyl (C=O) groups is 3. The van der Waals surface area contributed by atoms with Crippen LogP contribution in [0.3, 0.4) is 0 Å². The Morgan fingerprint density at radius 2 is 1.85 bits per heavy atom. The largest absolute Gasteiger partial charge is 0.455 e. The predicted molar refractivity (Wildman–Crippen MR) is 125 cm³/mol. The summed E-state index contributed by atoms with van der Waals surface area (Å²) in [5.41, 5.74) is 2.15. The van der Waals surface area contributed by atoms with E-state index in [4.69, 9.17) is 4.74 Å². The van der Waals surface area contributed by atoms with Gasteiger partial charge in [-0.2, -0.15) is 0 Å². The number of hydrogen-bond donors (Lipinski definition) is 1. The molecule has 0 aromatic heterocycles. The van der Waals surface area contributed by atoms with Crippen molar-refractivity contribution >= 4 is 23.5 Å². The van der Waals surface area contributed by atoms with Crippen molar-refractivity contribution in [3.63, 3.8) is 0 Å². The molecule has 3 fully saturated rings. The van der Waals surface area contributed by atoms with Crippen molar-refractivity contribution < 1.29 is 19.1 Å². The third-order valence-electron chi connectivity index (χ3n) is 8.71. The van der Waals surface area contributed by atoms with E-state index in [2.05, 4.69) is 18.3 Å². The van der Waals surface area contributed by atoms with Crippen LogP contribution in [-0.4, -0.2) is 37.0 Å². The van der Waals surface area contributed by atoms with Crippen molar-refractivity contribution in [2.45, 2.75) is 70.8 Å². The maximum Gasteiger partial charge on any atom is 0.310 e.